The topological polar surface area (TPSA) is 88.5 Å². The molecule has 4 aromatic carbocycles. The molecule has 2 aliphatic heterocycles. The summed E-state index contributed by atoms with van der Waals surface area (Å²) in [4.78, 5) is 56.3. The zero-order valence-electron chi connectivity index (χ0n) is 23.1. The van der Waals surface area contributed by atoms with E-state index < -0.39 is 17.1 Å². The minimum absolute atomic E-state index is 0.255. The number of fused-ring (bicyclic) bond motifs is 3. The molecule has 7 rings (SSSR count). The van der Waals surface area contributed by atoms with E-state index in [1.807, 2.05) is 61.5 Å². The van der Waals surface area contributed by atoms with Gasteiger partial charge in [-0.15, -0.1) is 0 Å². The Balaban J connectivity index is 1.30. The fourth-order valence-corrected chi connectivity index (χ4v) is 9.16. The number of nitrogens with one attached hydrogen (secondary N) is 1. The number of benzene rings is 4. The van der Waals surface area contributed by atoms with Crippen molar-refractivity contribution in [1.82, 2.24) is 4.57 Å². The number of imide groups is 1. The highest BCUT2D eigenvalue weighted by Gasteiger charge is 2.57. The standard InChI is InChI=1S/C33H23Cl2N3O4S2/c1-17-12-14-19(15-13-17)38-30(40)26-25(21-9-5-10-22(34)27(21)35)29-32(43-28(26)31(38)41)37(33(42)44-29)16-24(39)36-23-11-4-7-18-6-2-3-8-20(18)23/h2-15,25-26,28H,16H2,1H3,(H,36,39). The number of aromatic nitrogens is 1. The van der Waals surface area contributed by atoms with Gasteiger partial charge >= 0.3 is 4.87 Å². The molecule has 2 aliphatic rings. The Morgan fingerprint density at radius 2 is 1.61 bits per heavy atom. The third kappa shape index (κ3) is 4.75. The molecule has 1 fully saturated rings. The van der Waals surface area contributed by atoms with Crippen molar-refractivity contribution in [2.45, 2.75) is 29.7 Å². The van der Waals surface area contributed by atoms with Crippen LogP contribution in [0.3, 0.4) is 0 Å². The molecule has 3 atom stereocenters. The number of thioether (sulfide) groups is 1. The molecule has 3 unspecified atom stereocenters. The summed E-state index contributed by atoms with van der Waals surface area (Å²) < 4.78 is 1.39. The normalized spacial score (nSPS) is 19.2. The van der Waals surface area contributed by atoms with Crippen molar-refractivity contribution in [3.8, 4) is 0 Å². The van der Waals surface area contributed by atoms with Gasteiger partial charge in [0.25, 0.3) is 0 Å². The molecule has 1 saturated heterocycles. The van der Waals surface area contributed by atoms with Gasteiger partial charge in [0.05, 0.1) is 26.7 Å². The molecular weight excluding hydrogens is 637 g/mol. The second-order valence-electron chi connectivity index (χ2n) is 10.7. The van der Waals surface area contributed by atoms with Crippen molar-refractivity contribution in [3.63, 3.8) is 0 Å². The first kappa shape index (κ1) is 28.9. The number of amides is 3. The number of anilines is 2. The summed E-state index contributed by atoms with van der Waals surface area (Å²) in [7, 11) is 0. The Morgan fingerprint density at radius 1 is 0.886 bits per heavy atom. The van der Waals surface area contributed by atoms with Crippen LogP contribution in [0.4, 0.5) is 11.4 Å². The Hall–Kier alpha value is -3.89. The Morgan fingerprint density at radius 3 is 2.41 bits per heavy atom. The summed E-state index contributed by atoms with van der Waals surface area (Å²) in [6.07, 6.45) is 0. The van der Waals surface area contributed by atoms with Gasteiger partial charge in [-0.2, -0.15) is 0 Å². The van der Waals surface area contributed by atoms with Crippen LogP contribution in [0.1, 0.15) is 21.9 Å². The molecule has 0 aliphatic carbocycles. The number of hydrogen-bond acceptors (Lipinski definition) is 6. The van der Waals surface area contributed by atoms with E-state index in [4.69, 9.17) is 23.2 Å². The summed E-state index contributed by atoms with van der Waals surface area (Å²) in [5.41, 5.74) is 2.66. The number of hydrogen-bond donors (Lipinski definition) is 1. The van der Waals surface area contributed by atoms with Gasteiger partial charge in [0, 0.05) is 21.9 Å². The van der Waals surface area contributed by atoms with Crippen LogP contribution in [0, 0.1) is 12.8 Å². The Labute approximate surface area is 270 Å². The number of halogens is 2. The van der Waals surface area contributed by atoms with Gasteiger partial charge < -0.3 is 5.32 Å². The molecule has 11 heteroatoms. The average molecular weight is 661 g/mol. The second-order valence-corrected chi connectivity index (χ2v) is 13.6. The van der Waals surface area contributed by atoms with Crippen molar-refractivity contribution in [1.29, 1.82) is 0 Å². The first-order valence-corrected chi connectivity index (χ1v) is 16.2. The van der Waals surface area contributed by atoms with E-state index in [1.54, 1.807) is 30.3 Å². The highest BCUT2D eigenvalue weighted by molar-refractivity contribution is 8.00. The second kappa shape index (κ2) is 11.2. The fraction of sp³-hybridized carbons (Fsp3) is 0.152. The van der Waals surface area contributed by atoms with Crippen molar-refractivity contribution in [3.05, 3.63) is 121 Å². The fourth-order valence-electron chi connectivity index (χ4n) is 5.97. The lowest BCUT2D eigenvalue weighted by molar-refractivity contribution is -0.122. The van der Waals surface area contributed by atoms with Gasteiger partial charge in [-0.25, -0.2) is 4.90 Å². The largest absolute Gasteiger partial charge is 0.324 e. The van der Waals surface area contributed by atoms with Crippen LogP contribution in [-0.4, -0.2) is 27.5 Å². The molecule has 0 spiro atoms. The lowest BCUT2D eigenvalue weighted by atomic mass is 9.83. The van der Waals surface area contributed by atoms with Gasteiger partial charge in [0.1, 0.15) is 11.8 Å². The molecule has 5 aromatic rings. The molecule has 7 nitrogen and oxygen atoms in total. The monoisotopic (exact) mass is 659 g/mol. The van der Waals surface area contributed by atoms with Gasteiger partial charge in [-0.05, 0) is 42.1 Å². The van der Waals surface area contributed by atoms with Crippen molar-refractivity contribution >= 4 is 86.2 Å². The molecular formula is C33H23Cl2N3O4S2. The predicted octanol–water partition coefficient (Wildman–Crippen LogP) is 7.11. The van der Waals surface area contributed by atoms with E-state index in [9.17, 15) is 19.2 Å². The highest BCUT2D eigenvalue weighted by Crippen LogP contribution is 2.55. The van der Waals surface area contributed by atoms with Crippen LogP contribution in [0.2, 0.25) is 10.0 Å². The zero-order chi connectivity index (χ0) is 30.7. The van der Waals surface area contributed by atoms with E-state index in [0.29, 0.717) is 31.9 Å². The maximum Gasteiger partial charge on any atom is 0.308 e. The Kier molecular flexibility index (Phi) is 7.37. The molecule has 3 heterocycles. The van der Waals surface area contributed by atoms with Crippen LogP contribution in [0.5, 0.6) is 0 Å². The summed E-state index contributed by atoms with van der Waals surface area (Å²) in [5.74, 6) is -2.68. The Bertz CT molecular complexity index is 2050. The van der Waals surface area contributed by atoms with Crippen LogP contribution in [0.15, 0.2) is 94.7 Å². The summed E-state index contributed by atoms with van der Waals surface area (Å²) in [6.45, 7) is 1.66. The zero-order valence-corrected chi connectivity index (χ0v) is 26.3. The summed E-state index contributed by atoms with van der Waals surface area (Å²) >= 11 is 15.2. The number of nitrogens with zero attached hydrogens (tertiary/aromatic N) is 2. The molecule has 0 saturated carbocycles. The van der Waals surface area contributed by atoms with Gasteiger partial charge in [0.2, 0.25) is 17.7 Å². The predicted molar refractivity (Wildman–Crippen MR) is 176 cm³/mol. The molecule has 1 N–H and O–H groups in total. The first-order valence-electron chi connectivity index (χ1n) is 13.8. The van der Waals surface area contributed by atoms with Crippen molar-refractivity contribution < 1.29 is 14.4 Å². The number of carbonyl (C=O) groups excluding carboxylic acids is 3. The molecule has 0 radical (unpaired) electrons. The maximum atomic E-state index is 14.1. The number of carbonyl (C=O) groups is 3. The van der Waals surface area contributed by atoms with E-state index in [-0.39, 0.29) is 34.2 Å². The highest BCUT2D eigenvalue weighted by atomic mass is 35.5. The van der Waals surface area contributed by atoms with Crippen LogP contribution < -0.4 is 15.1 Å². The van der Waals surface area contributed by atoms with Crippen molar-refractivity contribution in [2.75, 3.05) is 10.2 Å². The number of rotatable bonds is 5. The van der Waals surface area contributed by atoms with Crippen molar-refractivity contribution in [2.24, 2.45) is 5.92 Å². The third-order valence-corrected chi connectivity index (χ3v) is 11.5. The van der Waals surface area contributed by atoms with E-state index in [0.717, 1.165) is 39.4 Å². The number of thiazole rings is 1. The number of aryl methyl sites for hydroxylation is 1. The van der Waals surface area contributed by atoms with E-state index >= 15 is 0 Å². The molecule has 1 aromatic heterocycles. The maximum absolute atomic E-state index is 14.1. The minimum Gasteiger partial charge on any atom is -0.324 e. The SMILES string of the molecule is Cc1ccc(N2C(=O)C3Sc4c(sc(=O)n4CC(=O)Nc4cccc5ccccc45)C(c4cccc(Cl)c4Cl)C3C2=O)cc1. The minimum atomic E-state index is -0.835. The lowest BCUT2D eigenvalue weighted by Crippen LogP contribution is -2.33. The quantitative estimate of drug-likeness (QED) is 0.203. The summed E-state index contributed by atoms with van der Waals surface area (Å²) in [5, 5.41) is 4.99. The van der Waals surface area contributed by atoms with Crippen LogP contribution >= 0.6 is 46.3 Å². The summed E-state index contributed by atoms with van der Waals surface area (Å²) in [6, 6.07) is 25.7. The first-order chi connectivity index (χ1) is 21.2. The third-order valence-electron chi connectivity index (χ3n) is 8.02. The molecule has 0 bridgehead atoms. The van der Waals surface area contributed by atoms with E-state index in [1.165, 1.54) is 9.47 Å². The van der Waals surface area contributed by atoms with E-state index in [2.05, 4.69) is 5.32 Å². The average Bonchev–Trinajstić information content (AvgIpc) is 3.45. The molecule has 44 heavy (non-hydrogen) atoms. The van der Waals surface area contributed by atoms with Gasteiger partial charge in [-0.1, -0.05) is 113 Å². The van der Waals surface area contributed by atoms with Crippen LogP contribution in [0.25, 0.3) is 10.8 Å². The molecule has 3 amide bonds. The smallest absolute Gasteiger partial charge is 0.308 e. The van der Waals surface area contributed by atoms with Crippen LogP contribution in [-0.2, 0) is 20.9 Å². The lowest BCUT2D eigenvalue weighted by Gasteiger charge is -2.31. The van der Waals surface area contributed by atoms with Gasteiger partial charge in [-0.3, -0.25) is 23.7 Å². The van der Waals surface area contributed by atoms with Gasteiger partial charge in [0.15, 0.2) is 0 Å². The molecule has 220 valence electrons.